The predicted molar refractivity (Wildman–Crippen MR) is 156 cm³/mol. The molecule has 1 saturated carbocycles. The van der Waals surface area contributed by atoms with Gasteiger partial charge >= 0.3 is 0 Å². The minimum absolute atomic E-state index is 0.0406. The van der Waals surface area contributed by atoms with Crippen molar-refractivity contribution in [2.45, 2.75) is 77.0 Å². The first-order valence-corrected chi connectivity index (χ1v) is 14.6. The third-order valence-electron chi connectivity index (χ3n) is 7.59. The van der Waals surface area contributed by atoms with E-state index >= 15 is 0 Å². The van der Waals surface area contributed by atoms with Crippen molar-refractivity contribution < 1.29 is 34.0 Å². The number of ether oxygens (including phenoxy) is 4. The number of methoxy groups -OCH3 is 2. The number of piperidine rings is 1. The SMILES string of the molecule is COCCCOc1cc(CN(C(=O)[C@H]2CN(C(O)OC(C)(C)C)CC[C@@H]2c2cccc(O)c2)C2CC2)cc(OC)c1. The zero-order valence-electron chi connectivity index (χ0n) is 25.0. The van der Waals surface area contributed by atoms with Gasteiger partial charge in [0.2, 0.25) is 12.3 Å². The lowest BCUT2D eigenvalue weighted by atomic mass is 9.79. The first-order valence-electron chi connectivity index (χ1n) is 14.6. The molecule has 1 amide bonds. The quantitative estimate of drug-likeness (QED) is 0.268. The smallest absolute Gasteiger partial charge is 0.228 e. The zero-order chi connectivity index (χ0) is 29.6. The van der Waals surface area contributed by atoms with E-state index in [9.17, 15) is 15.0 Å². The van der Waals surface area contributed by atoms with Crippen LogP contribution in [0.1, 0.15) is 63.5 Å². The fourth-order valence-corrected chi connectivity index (χ4v) is 5.47. The summed E-state index contributed by atoms with van der Waals surface area (Å²) in [4.78, 5) is 18.2. The maximum absolute atomic E-state index is 14.4. The van der Waals surface area contributed by atoms with Gasteiger partial charge in [0, 0.05) is 51.9 Å². The number of aromatic hydroxyl groups is 1. The Kier molecular flexibility index (Phi) is 10.5. The number of likely N-dealkylation sites (tertiary alicyclic amines) is 1. The van der Waals surface area contributed by atoms with Crippen molar-refractivity contribution in [3.05, 3.63) is 53.6 Å². The molecule has 41 heavy (non-hydrogen) atoms. The van der Waals surface area contributed by atoms with Crippen LogP contribution in [0, 0.1) is 5.92 Å². The topological polar surface area (TPSA) is 101 Å². The fraction of sp³-hybridized carbons (Fsp3) is 0.594. The largest absolute Gasteiger partial charge is 0.508 e. The lowest BCUT2D eigenvalue weighted by Crippen LogP contribution is -2.53. The molecule has 1 saturated heterocycles. The Balaban J connectivity index is 1.58. The highest BCUT2D eigenvalue weighted by atomic mass is 16.6. The summed E-state index contributed by atoms with van der Waals surface area (Å²) in [5, 5.41) is 21.1. The van der Waals surface area contributed by atoms with Crippen LogP contribution >= 0.6 is 0 Å². The Morgan fingerprint density at radius 2 is 1.83 bits per heavy atom. The van der Waals surface area contributed by atoms with E-state index in [1.807, 2.05) is 60.9 Å². The van der Waals surface area contributed by atoms with Crippen LogP contribution < -0.4 is 9.47 Å². The molecule has 2 N–H and O–H groups in total. The van der Waals surface area contributed by atoms with Crippen molar-refractivity contribution >= 4 is 5.91 Å². The van der Waals surface area contributed by atoms with Crippen molar-refractivity contribution in [1.29, 1.82) is 0 Å². The molecular formula is C32H46N2O7. The molecular weight excluding hydrogens is 524 g/mol. The van der Waals surface area contributed by atoms with Crippen LogP contribution in [-0.2, 0) is 20.8 Å². The molecule has 2 aromatic rings. The first kappa shape index (κ1) is 31.1. The van der Waals surface area contributed by atoms with Gasteiger partial charge in [0.25, 0.3) is 0 Å². The summed E-state index contributed by atoms with van der Waals surface area (Å²) in [5.74, 6) is 1.08. The van der Waals surface area contributed by atoms with E-state index in [0.29, 0.717) is 50.8 Å². The summed E-state index contributed by atoms with van der Waals surface area (Å²) in [6.45, 7) is 8.20. The minimum atomic E-state index is -1.11. The minimum Gasteiger partial charge on any atom is -0.508 e. The van der Waals surface area contributed by atoms with Gasteiger partial charge in [-0.05, 0) is 81.3 Å². The maximum Gasteiger partial charge on any atom is 0.228 e. The highest BCUT2D eigenvalue weighted by Gasteiger charge is 2.43. The summed E-state index contributed by atoms with van der Waals surface area (Å²) in [7, 11) is 3.29. The van der Waals surface area contributed by atoms with Gasteiger partial charge in [0.05, 0.1) is 25.2 Å². The van der Waals surface area contributed by atoms with E-state index < -0.39 is 17.9 Å². The van der Waals surface area contributed by atoms with E-state index in [0.717, 1.165) is 30.4 Å². The molecule has 2 aliphatic rings. The Morgan fingerprint density at radius 1 is 1.07 bits per heavy atom. The van der Waals surface area contributed by atoms with Crippen LogP contribution in [0.3, 0.4) is 0 Å². The number of rotatable bonds is 13. The second-order valence-corrected chi connectivity index (χ2v) is 12.1. The lowest BCUT2D eigenvalue weighted by Gasteiger charge is -2.42. The van der Waals surface area contributed by atoms with Crippen molar-refractivity contribution in [2.75, 3.05) is 40.5 Å². The monoisotopic (exact) mass is 570 g/mol. The molecule has 9 heteroatoms. The average molecular weight is 571 g/mol. The summed E-state index contributed by atoms with van der Waals surface area (Å²) in [5.41, 5.74) is 1.33. The van der Waals surface area contributed by atoms with Crippen LogP contribution in [0.25, 0.3) is 0 Å². The summed E-state index contributed by atoms with van der Waals surface area (Å²) in [6, 6.07) is 13.1. The summed E-state index contributed by atoms with van der Waals surface area (Å²) >= 11 is 0. The molecule has 2 aromatic carbocycles. The highest BCUT2D eigenvalue weighted by Crippen LogP contribution is 2.39. The number of aliphatic hydroxyl groups is 1. The molecule has 1 aliphatic heterocycles. The molecule has 2 fully saturated rings. The Morgan fingerprint density at radius 3 is 2.49 bits per heavy atom. The van der Waals surface area contributed by atoms with E-state index in [2.05, 4.69) is 0 Å². The molecule has 1 unspecified atom stereocenters. The van der Waals surface area contributed by atoms with Crippen molar-refractivity contribution in [2.24, 2.45) is 5.92 Å². The van der Waals surface area contributed by atoms with Gasteiger partial charge in [-0.15, -0.1) is 0 Å². The van der Waals surface area contributed by atoms with Gasteiger partial charge in [0.1, 0.15) is 17.2 Å². The van der Waals surface area contributed by atoms with Crippen molar-refractivity contribution in [3.8, 4) is 17.2 Å². The van der Waals surface area contributed by atoms with Crippen LogP contribution in [0.4, 0.5) is 0 Å². The van der Waals surface area contributed by atoms with Gasteiger partial charge in [-0.2, -0.15) is 0 Å². The standard InChI is InChI=1S/C32H46N2O7/c1-32(2,3)41-31(37)33-13-12-28(23-8-6-9-25(35)18-23)29(21-33)30(36)34(24-10-11-24)20-22-16-26(39-5)19-27(17-22)40-15-7-14-38-4/h6,8-9,16-19,24,28-29,31,35,37H,7,10-15,20-21H2,1-5H3/t28-,29+,31?/m1/s1. The number of benzene rings is 2. The number of carbonyl (C=O) groups excluding carboxylic acids is 1. The van der Waals surface area contributed by atoms with Crippen LogP contribution in [0.15, 0.2) is 42.5 Å². The van der Waals surface area contributed by atoms with Crippen molar-refractivity contribution in [1.82, 2.24) is 9.80 Å². The molecule has 9 nitrogen and oxygen atoms in total. The summed E-state index contributed by atoms with van der Waals surface area (Å²) in [6.07, 6.45) is 2.23. The van der Waals surface area contributed by atoms with E-state index in [-0.39, 0.29) is 23.6 Å². The fourth-order valence-electron chi connectivity index (χ4n) is 5.47. The van der Waals surface area contributed by atoms with Gasteiger partial charge in [-0.3, -0.25) is 9.69 Å². The summed E-state index contributed by atoms with van der Waals surface area (Å²) < 4.78 is 22.5. The van der Waals surface area contributed by atoms with Crippen molar-refractivity contribution in [3.63, 3.8) is 0 Å². The van der Waals surface area contributed by atoms with E-state index in [4.69, 9.17) is 18.9 Å². The molecule has 226 valence electrons. The number of hydrogen-bond acceptors (Lipinski definition) is 8. The number of hydrogen-bond donors (Lipinski definition) is 2. The Labute approximate surface area is 243 Å². The molecule has 1 aliphatic carbocycles. The van der Waals surface area contributed by atoms with Gasteiger partial charge in [-0.25, -0.2) is 0 Å². The number of phenolic OH excluding ortho intramolecular Hbond substituents is 1. The Hall–Kier alpha value is -2.85. The molecule has 0 spiro atoms. The highest BCUT2D eigenvalue weighted by molar-refractivity contribution is 5.81. The number of nitrogens with zero attached hydrogens (tertiary/aromatic N) is 2. The second kappa shape index (κ2) is 13.9. The number of aliphatic hydroxyl groups excluding tert-OH is 1. The normalized spacial score (nSPS) is 20.4. The molecule has 0 radical (unpaired) electrons. The Bertz CT molecular complexity index is 1150. The van der Waals surface area contributed by atoms with Crippen LogP contribution in [-0.4, -0.2) is 84.5 Å². The second-order valence-electron chi connectivity index (χ2n) is 12.1. The predicted octanol–water partition coefficient (Wildman–Crippen LogP) is 4.50. The zero-order valence-corrected chi connectivity index (χ0v) is 25.0. The third-order valence-corrected chi connectivity index (χ3v) is 7.59. The number of carbonyl (C=O) groups is 1. The molecule has 1 heterocycles. The molecule has 3 atom stereocenters. The van der Waals surface area contributed by atoms with E-state index in [1.54, 1.807) is 26.4 Å². The maximum atomic E-state index is 14.4. The van der Waals surface area contributed by atoms with E-state index in [1.165, 1.54) is 0 Å². The molecule has 0 aromatic heterocycles. The van der Waals surface area contributed by atoms with Gasteiger partial charge < -0.3 is 34.1 Å². The van der Waals surface area contributed by atoms with Crippen LogP contribution in [0.5, 0.6) is 17.2 Å². The average Bonchev–Trinajstić information content (AvgIpc) is 3.78. The molecule has 0 bridgehead atoms. The lowest BCUT2D eigenvalue weighted by molar-refractivity contribution is -0.245. The van der Waals surface area contributed by atoms with Gasteiger partial charge in [-0.1, -0.05) is 12.1 Å². The third kappa shape index (κ3) is 8.82. The van der Waals surface area contributed by atoms with Crippen LogP contribution in [0.2, 0.25) is 0 Å². The van der Waals surface area contributed by atoms with Gasteiger partial charge in [0.15, 0.2) is 0 Å². The number of amides is 1. The number of phenols is 1. The first-order chi connectivity index (χ1) is 19.6. The molecule has 4 rings (SSSR count).